The van der Waals surface area contributed by atoms with E-state index in [0.717, 1.165) is 48.1 Å². The summed E-state index contributed by atoms with van der Waals surface area (Å²) in [6, 6.07) is 7.88. The number of aromatic nitrogens is 1. The lowest BCUT2D eigenvalue weighted by molar-refractivity contribution is -0.146. The Labute approximate surface area is 135 Å². The van der Waals surface area contributed by atoms with Crippen molar-refractivity contribution in [2.75, 3.05) is 26.7 Å². The monoisotopic (exact) mass is 314 g/mol. The summed E-state index contributed by atoms with van der Waals surface area (Å²) in [7, 11) is 1.43. The van der Waals surface area contributed by atoms with Crippen LogP contribution in [0.2, 0.25) is 0 Å². The van der Waals surface area contributed by atoms with E-state index in [1.807, 2.05) is 31.2 Å². The number of aryl methyl sites for hydroxylation is 1. The molecule has 1 fully saturated rings. The van der Waals surface area contributed by atoms with Gasteiger partial charge in [0.25, 0.3) is 0 Å². The van der Waals surface area contributed by atoms with Crippen molar-refractivity contribution in [3.8, 4) is 0 Å². The number of hydrogen-bond acceptors (Lipinski definition) is 4. The number of nitrogens with one attached hydrogen (secondary N) is 1. The first-order valence-electron chi connectivity index (χ1n) is 8.01. The van der Waals surface area contributed by atoms with E-state index in [1.54, 1.807) is 0 Å². The quantitative estimate of drug-likeness (QED) is 0.696. The van der Waals surface area contributed by atoms with Gasteiger partial charge in [0.15, 0.2) is 5.78 Å². The van der Waals surface area contributed by atoms with Gasteiger partial charge in [-0.25, -0.2) is 0 Å². The summed E-state index contributed by atoms with van der Waals surface area (Å²) in [6.07, 6.45) is 1.51. The molecular formula is C18H22N2O3. The molecule has 1 aromatic heterocycles. The maximum Gasteiger partial charge on any atom is 0.308 e. The number of aromatic amines is 1. The van der Waals surface area contributed by atoms with Crippen LogP contribution in [-0.4, -0.2) is 48.4 Å². The zero-order valence-electron chi connectivity index (χ0n) is 13.6. The lowest BCUT2D eigenvalue weighted by atomic mass is 9.96. The molecule has 5 heteroatoms. The van der Waals surface area contributed by atoms with Crippen LogP contribution < -0.4 is 0 Å². The average Bonchev–Trinajstić information content (AvgIpc) is 2.90. The van der Waals surface area contributed by atoms with Crippen LogP contribution in [-0.2, 0) is 9.53 Å². The van der Waals surface area contributed by atoms with Gasteiger partial charge in [-0.2, -0.15) is 0 Å². The Hall–Kier alpha value is -2.14. The average molecular weight is 314 g/mol. The number of piperidine rings is 1. The van der Waals surface area contributed by atoms with Gasteiger partial charge < -0.3 is 9.72 Å². The summed E-state index contributed by atoms with van der Waals surface area (Å²) in [6.45, 7) is 3.85. The molecule has 1 aromatic carbocycles. The molecule has 0 saturated carbocycles. The van der Waals surface area contributed by atoms with E-state index in [2.05, 4.69) is 9.88 Å². The Bertz CT molecular complexity index is 727. The molecule has 1 N–H and O–H groups in total. The Balaban J connectivity index is 1.68. The number of likely N-dealkylation sites (tertiary alicyclic amines) is 1. The molecule has 1 aliphatic heterocycles. The highest BCUT2D eigenvalue weighted by atomic mass is 16.5. The molecule has 5 nitrogen and oxygen atoms in total. The standard InChI is InChI=1S/C18H22N2O3/c1-12-17(14-5-3-4-6-15(14)19-12)16(21)11-20-9-7-13(8-10-20)18(22)23-2/h3-6,13,19H,7-11H2,1-2H3. The van der Waals surface area contributed by atoms with Crippen molar-refractivity contribution in [1.29, 1.82) is 0 Å². The van der Waals surface area contributed by atoms with Crippen LogP contribution in [0.1, 0.15) is 28.9 Å². The summed E-state index contributed by atoms with van der Waals surface area (Å²) < 4.78 is 4.80. The molecule has 23 heavy (non-hydrogen) atoms. The molecule has 3 rings (SSSR count). The highest BCUT2D eigenvalue weighted by Crippen LogP contribution is 2.24. The summed E-state index contributed by atoms with van der Waals surface area (Å²) in [5.74, 6) is -0.0268. The number of methoxy groups -OCH3 is 1. The lowest BCUT2D eigenvalue weighted by Gasteiger charge is -2.30. The molecular weight excluding hydrogens is 292 g/mol. The second-order valence-electron chi connectivity index (χ2n) is 6.17. The van der Waals surface area contributed by atoms with Crippen LogP contribution in [0.15, 0.2) is 24.3 Å². The maximum absolute atomic E-state index is 12.7. The third-order valence-corrected chi connectivity index (χ3v) is 4.66. The number of ether oxygens (including phenoxy) is 1. The van der Waals surface area contributed by atoms with Crippen molar-refractivity contribution in [2.45, 2.75) is 19.8 Å². The molecule has 0 amide bonds. The number of carbonyl (C=O) groups excluding carboxylic acids is 2. The molecule has 0 spiro atoms. The number of esters is 1. The molecule has 122 valence electrons. The summed E-state index contributed by atoms with van der Waals surface area (Å²) in [5.41, 5.74) is 2.70. The van der Waals surface area contributed by atoms with Gasteiger partial charge in [-0.05, 0) is 38.9 Å². The number of carbonyl (C=O) groups is 2. The van der Waals surface area contributed by atoms with Crippen molar-refractivity contribution >= 4 is 22.7 Å². The Kier molecular flexibility index (Phi) is 4.48. The van der Waals surface area contributed by atoms with Gasteiger partial charge in [-0.1, -0.05) is 18.2 Å². The first kappa shape index (κ1) is 15.7. The van der Waals surface area contributed by atoms with Crippen LogP contribution in [0.5, 0.6) is 0 Å². The minimum Gasteiger partial charge on any atom is -0.469 e. The van der Waals surface area contributed by atoms with Crippen LogP contribution in [0.4, 0.5) is 0 Å². The van der Waals surface area contributed by atoms with Gasteiger partial charge >= 0.3 is 5.97 Å². The van der Waals surface area contributed by atoms with Crippen molar-refractivity contribution < 1.29 is 14.3 Å². The van der Waals surface area contributed by atoms with E-state index < -0.39 is 0 Å². The van der Waals surface area contributed by atoms with E-state index in [0.29, 0.717) is 6.54 Å². The van der Waals surface area contributed by atoms with Gasteiger partial charge in [-0.3, -0.25) is 14.5 Å². The van der Waals surface area contributed by atoms with E-state index in [1.165, 1.54) is 7.11 Å². The highest BCUT2D eigenvalue weighted by Gasteiger charge is 2.27. The molecule has 0 bridgehead atoms. The number of benzene rings is 1. The van der Waals surface area contributed by atoms with Gasteiger partial charge in [0.2, 0.25) is 0 Å². The predicted molar refractivity (Wildman–Crippen MR) is 88.5 cm³/mol. The normalized spacial score (nSPS) is 16.6. The minimum absolute atomic E-state index is 0.0267. The number of Topliss-reactive ketones (excluding diaryl/α,β-unsaturated/α-hetero) is 1. The van der Waals surface area contributed by atoms with Crippen molar-refractivity contribution in [3.05, 3.63) is 35.5 Å². The molecule has 2 heterocycles. The van der Waals surface area contributed by atoms with E-state index in [9.17, 15) is 9.59 Å². The minimum atomic E-state index is -0.136. The maximum atomic E-state index is 12.7. The largest absolute Gasteiger partial charge is 0.469 e. The number of nitrogens with zero attached hydrogens (tertiary/aromatic N) is 1. The third kappa shape index (κ3) is 3.15. The fraction of sp³-hybridized carbons (Fsp3) is 0.444. The second kappa shape index (κ2) is 6.54. The third-order valence-electron chi connectivity index (χ3n) is 4.66. The number of ketones is 1. The van der Waals surface area contributed by atoms with Crippen LogP contribution in [0, 0.1) is 12.8 Å². The predicted octanol–water partition coefficient (Wildman–Crippen LogP) is 2.54. The fourth-order valence-corrected chi connectivity index (χ4v) is 3.41. The zero-order chi connectivity index (χ0) is 16.4. The Morgan fingerprint density at radius 1 is 1.26 bits per heavy atom. The molecule has 1 saturated heterocycles. The van der Waals surface area contributed by atoms with Gasteiger partial charge in [0, 0.05) is 22.2 Å². The van der Waals surface area contributed by atoms with E-state index in [4.69, 9.17) is 4.74 Å². The summed E-state index contributed by atoms with van der Waals surface area (Å²) in [4.78, 5) is 29.7. The van der Waals surface area contributed by atoms with E-state index >= 15 is 0 Å². The number of para-hydroxylation sites is 1. The topological polar surface area (TPSA) is 62.4 Å². The first-order chi connectivity index (χ1) is 11.1. The molecule has 0 atom stereocenters. The van der Waals surface area contributed by atoms with Gasteiger partial charge in [0.05, 0.1) is 19.6 Å². The van der Waals surface area contributed by atoms with Gasteiger partial charge in [0.1, 0.15) is 0 Å². The summed E-state index contributed by atoms with van der Waals surface area (Å²) >= 11 is 0. The van der Waals surface area contributed by atoms with Gasteiger partial charge in [-0.15, -0.1) is 0 Å². The van der Waals surface area contributed by atoms with Crippen molar-refractivity contribution in [2.24, 2.45) is 5.92 Å². The van der Waals surface area contributed by atoms with E-state index in [-0.39, 0.29) is 17.7 Å². The number of hydrogen-bond donors (Lipinski definition) is 1. The van der Waals surface area contributed by atoms with Crippen molar-refractivity contribution in [1.82, 2.24) is 9.88 Å². The second-order valence-corrected chi connectivity index (χ2v) is 6.17. The SMILES string of the molecule is COC(=O)C1CCN(CC(=O)c2c(C)[nH]c3ccccc23)CC1. The molecule has 1 aliphatic rings. The zero-order valence-corrected chi connectivity index (χ0v) is 13.6. The molecule has 0 aliphatic carbocycles. The number of fused-ring (bicyclic) bond motifs is 1. The molecule has 0 radical (unpaired) electrons. The van der Waals surface area contributed by atoms with Crippen molar-refractivity contribution in [3.63, 3.8) is 0 Å². The number of H-pyrrole nitrogens is 1. The van der Waals surface area contributed by atoms with Crippen LogP contribution >= 0.6 is 0 Å². The smallest absolute Gasteiger partial charge is 0.308 e. The molecule has 0 unspecified atom stereocenters. The van der Waals surface area contributed by atoms with Crippen LogP contribution in [0.25, 0.3) is 10.9 Å². The van der Waals surface area contributed by atoms with Crippen LogP contribution in [0.3, 0.4) is 0 Å². The highest BCUT2D eigenvalue weighted by molar-refractivity contribution is 6.10. The number of rotatable bonds is 4. The fourth-order valence-electron chi connectivity index (χ4n) is 3.41. The molecule has 2 aromatic rings. The Morgan fingerprint density at radius 3 is 2.65 bits per heavy atom. The first-order valence-corrected chi connectivity index (χ1v) is 8.01. The Morgan fingerprint density at radius 2 is 1.96 bits per heavy atom. The lowest BCUT2D eigenvalue weighted by Crippen LogP contribution is -2.39. The summed E-state index contributed by atoms with van der Waals surface area (Å²) in [5, 5.41) is 0.986.